The summed E-state index contributed by atoms with van der Waals surface area (Å²) in [6, 6.07) is 6.15. The molecule has 0 fully saturated rings. The van der Waals surface area contributed by atoms with Gasteiger partial charge in [0.2, 0.25) is 5.91 Å². The van der Waals surface area contributed by atoms with E-state index in [4.69, 9.17) is 0 Å². The molecule has 1 aromatic heterocycles. The predicted molar refractivity (Wildman–Crippen MR) is 96.1 cm³/mol. The highest BCUT2D eigenvalue weighted by Crippen LogP contribution is 2.30. The average Bonchev–Trinajstić information content (AvgIpc) is 2.85. The highest BCUT2D eigenvalue weighted by Gasteiger charge is 2.19. The first kappa shape index (κ1) is 17.0. The van der Waals surface area contributed by atoms with Gasteiger partial charge in [-0.05, 0) is 37.8 Å². The Labute approximate surface area is 140 Å². The van der Waals surface area contributed by atoms with Crippen molar-refractivity contribution in [2.45, 2.75) is 50.1 Å². The van der Waals surface area contributed by atoms with Crippen LogP contribution < -0.4 is 5.32 Å². The summed E-state index contributed by atoms with van der Waals surface area (Å²) >= 11 is 3.09. The molecule has 0 saturated carbocycles. The maximum Gasteiger partial charge on any atom is 0.237 e. The van der Waals surface area contributed by atoms with Crippen LogP contribution in [0, 0.1) is 13.8 Å². The minimum Gasteiger partial charge on any atom is -0.325 e. The van der Waals surface area contributed by atoms with E-state index >= 15 is 0 Å². The molecule has 0 spiro atoms. The molecule has 118 valence electrons. The molecule has 22 heavy (non-hydrogen) atoms. The topological polar surface area (TPSA) is 42.0 Å². The normalized spacial score (nSPS) is 12.5. The van der Waals surface area contributed by atoms with E-state index in [9.17, 15) is 4.79 Å². The molecule has 1 aromatic carbocycles. The van der Waals surface area contributed by atoms with Crippen molar-refractivity contribution < 1.29 is 4.79 Å². The molecule has 0 saturated heterocycles. The van der Waals surface area contributed by atoms with Gasteiger partial charge in [0.1, 0.15) is 0 Å². The van der Waals surface area contributed by atoms with Crippen LogP contribution in [0.3, 0.4) is 0 Å². The third kappa shape index (κ3) is 4.11. The van der Waals surface area contributed by atoms with Crippen molar-refractivity contribution in [2.24, 2.45) is 0 Å². The van der Waals surface area contributed by atoms with Gasteiger partial charge in [0.15, 0.2) is 4.34 Å². The van der Waals surface area contributed by atoms with E-state index in [2.05, 4.69) is 30.2 Å². The van der Waals surface area contributed by atoms with Crippen molar-refractivity contribution in [1.82, 2.24) is 4.98 Å². The summed E-state index contributed by atoms with van der Waals surface area (Å²) in [5, 5.41) is 4.93. The van der Waals surface area contributed by atoms with Gasteiger partial charge in [-0.15, -0.1) is 11.3 Å². The molecule has 3 nitrogen and oxygen atoms in total. The van der Waals surface area contributed by atoms with Crippen molar-refractivity contribution in [2.75, 3.05) is 5.32 Å². The number of benzene rings is 1. The van der Waals surface area contributed by atoms with Crippen LogP contribution in [0.5, 0.6) is 0 Å². The van der Waals surface area contributed by atoms with Crippen molar-refractivity contribution >= 4 is 34.7 Å². The summed E-state index contributed by atoms with van der Waals surface area (Å²) in [7, 11) is 0. The quantitative estimate of drug-likeness (QED) is 0.782. The second kappa shape index (κ2) is 7.29. The summed E-state index contributed by atoms with van der Waals surface area (Å²) in [5.74, 6) is 0.397. The van der Waals surface area contributed by atoms with Gasteiger partial charge in [0.25, 0.3) is 0 Å². The number of nitrogens with one attached hydrogen (secondary N) is 1. The fourth-order valence-corrected chi connectivity index (χ4v) is 4.14. The first-order chi connectivity index (χ1) is 10.4. The molecular weight excluding hydrogens is 312 g/mol. The lowest BCUT2D eigenvalue weighted by Crippen LogP contribution is -2.23. The van der Waals surface area contributed by atoms with Crippen LogP contribution in [0.25, 0.3) is 0 Å². The molecule has 0 radical (unpaired) electrons. The van der Waals surface area contributed by atoms with E-state index in [0.717, 1.165) is 21.3 Å². The summed E-state index contributed by atoms with van der Waals surface area (Å²) in [5.41, 5.74) is 4.23. The maximum atomic E-state index is 12.5. The van der Waals surface area contributed by atoms with Gasteiger partial charge in [0.05, 0.1) is 5.25 Å². The number of para-hydroxylation sites is 1. The summed E-state index contributed by atoms with van der Waals surface area (Å²) in [4.78, 5) is 16.9. The first-order valence-electron chi connectivity index (χ1n) is 7.37. The van der Waals surface area contributed by atoms with Gasteiger partial charge in [-0.2, -0.15) is 0 Å². The largest absolute Gasteiger partial charge is 0.325 e. The van der Waals surface area contributed by atoms with E-state index in [1.165, 1.54) is 17.3 Å². The van der Waals surface area contributed by atoms with Gasteiger partial charge in [-0.1, -0.05) is 43.8 Å². The monoisotopic (exact) mass is 334 g/mol. The zero-order valence-corrected chi connectivity index (χ0v) is 15.3. The third-order valence-corrected chi connectivity index (χ3v) is 5.61. The molecule has 0 aliphatic carbocycles. The number of carbonyl (C=O) groups excluding carboxylic acids is 1. The van der Waals surface area contributed by atoms with Crippen LogP contribution >= 0.6 is 23.1 Å². The van der Waals surface area contributed by atoms with E-state index in [0.29, 0.717) is 5.92 Å². The molecule has 0 aliphatic heterocycles. The summed E-state index contributed by atoms with van der Waals surface area (Å²) < 4.78 is 0.939. The number of hydrogen-bond donors (Lipinski definition) is 1. The molecule has 0 aliphatic rings. The molecule has 0 bridgehead atoms. The van der Waals surface area contributed by atoms with Gasteiger partial charge in [-0.3, -0.25) is 4.79 Å². The molecular formula is C17H22N2OS2. The van der Waals surface area contributed by atoms with Crippen molar-refractivity contribution in [1.29, 1.82) is 0 Å². The van der Waals surface area contributed by atoms with E-state index < -0.39 is 0 Å². The SMILES string of the molecule is Cc1csc(S[C@@H](C)C(=O)Nc2c(C)cccc2C(C)C)n1. The molecule has 1 N–H and O–H groups in total. The number of anilines is 1. The van der Waals surface area contributed by atoms with E-state index in [1.807, 2.05) is 38.3 Å². The lowest BCUT2D eigenvalue weighted by atomic mass is 9.98. The Kier molecular flexibility index (Phi) is 5.64. The number of rotatable bonds is 5. The number of thioether (sulfide) groups is 1. The Morgan fingerprint density at radius 1 is 1.27 bits per heavy atom. The lowest BCUT2D eigenvalue weighted by molar-refractivity contribution is -0.115. The number of amides is 1. The minimum atomic E-state index is -0.176. The molecule has 2 rings (SSSR count). The van der Waals surface area contributed by atoms with E-state index in [-0.39, 0.29) is 11.2 Å². The van der Waals surface area contributed by atoms with Gasteiger partial charge < -0.3 is 5.32 Å². The lowest BCUT2D eigenvalue weighted by Gasteiger charge is -2.18. The number of nitrogens with zero attached hydrogens (tertiary/aromatic N) is 1. The van der Waals surface area contributed by atoms with Crippen LogP contribution in [-0.4, -0.2) is 16.1 Å². The Hall–Kier alpha value is -1.33. The van der Waals surface area contributed by atoms with Gasteiger partial charge >= 0.3 is 0 Å². The molecule has 5 heteroatoms. The molecule has 1 heterocycles. The molecule has 2 aromatic rings. The minimum absolute atomic E-state index is 0.0223. The Bertz CT molecular complexity index is 664. The van der Waals surface area contributed by atoms with Crippen LogP contribution in [0.4, 0.5) is 5.69 Å². The summed E-state index contributed by atoms with van der Waals surface area (Å²) in [6.45, 7) is 10.2. The fourth-order valence-electron chi connectivity index (χ4n) is 2.16. The van der Waals surface area contributed by atoms with Crippen LogP contribution in [0.2, 0.25) is 0 Å². The van der Waals surface area contributed by atoms with Crippen molar-refractivity contribution in [3.63, 3.8) is 0 Å². The average molecular weight is 335 g/mol. The Morgan fingerprint density at radius 2 is 2.00 bits per heavy atom. The van der Waals surface area contributed by atoms with Gasteiger partial charge in [0, 0.05) is 16.8 Å². The molecule has 1 amide bonds. The Balaban J connectivity index is 2.11. The smallest absolute Gasteiger partial charge is 0.237 e. The molecule has 1 atom stereocenters. The predicted octanol–water partition coefficient (Wildman–Crippen LogP) is 5.00. The van der Waals surface area contributed by atoms with Crippen LogP contribution in [0.15, 0.2) is 27.9 Å². The number of hydrogen-bond acceptors (Lipinski definition) is 4. The highest BCUT2D eigenvalue weighted by molar-refractivity contribution is 8.02. The van der Waals surface area contributed by atoms with Gasteiger partial charge in [-0.25, -0.2) is 4.98 Å². The number of thiazole rings is 1. The summed E-state index contributed by atoms with van der Waals surface area (Å²) in [6.07, 6.45) is 0. The third-order valence-electron chi connectivity index (χ3n) is 3.42. The van der Waals surface area contributed by atoms with Crippen LogP contribution in [0.1, 0.15) is 43.5 Å². The first-order valence-corrected chi connectivity index (χ1v) is 9.13. The molecule has 0 unspecified atom stereocenters. The standard InChI is InChI=1S/C17H22N2OS2/c1-10(2)14-8-6-7-11(3)15(14)19-16(20)13(5)22-17-18-12(4)9-21-17/h6-10,13H,1-5H3,(H,19,20)/t13-/m0/s1. The maximum absolute atomic E-state index is 12.5. The number of aryl methyl sites for hydroxylation is 2. The Morgan fingerprint density at radius 3 is 2.59 bits per heavy atom. The zero-order valence-electron chi connectivity index (χ0n) is 13.6. The van der Waals surface area contributed by atoms with E-state index in [1.54, 1.807) is 11.3 Å². The van der Waals surface area contributed by atoms with Crippen molar-refractivity contribution in [3.8, 4) is 0 Å². The number of carbonyl (C=O) groups is 1. The zero-order chi connectivity index (χ0) is 16.3. The highest BCUT2D eigenvalue weighted by atomic mass is 32.2. The second-order valence-corrected chi connectivity index (χ2v) is 8.14. The second-order valence-electron chi connectivity index (χ2n) is 5.70. The van der Waals surface area contributed by atoms with Crippen LogP contribution in [-0.2, 0) is 4.79 Å². The van der Waals surface area contributed by atoms with Crippen molar-refractivity contribution in [3.05, 3.63) is 40.4 Å². The fraction of sp³-hybridized carbons (Fsp3) is 0.412. The number of aromatic nitrogens is 1.